The Morgan fingerprint density at radius 1 is 1.08 bits per heavy atom. The molecule has 4 rings (SSSR count). The minimum atomic E-state index is 0.0995. The van der Waals surface area contributed by atoms with Gasteiger partial charge in [0.2, 0.25) is 0 Å². The standard InChI is InChI=1S/C20H22N6/c1-13-10-19-23-18(16-8-6-5-7-9-16)11-20(26(19)24-13)22-14(2)17-12-21-25(4)15(17)3/h5-12,14,22H,1-4H3. The lowest BCUT2D eigenvalue weighted by atomic mass is 10.1. The second kappa shape index (κ2) is 6.29. The van der Waals surface area contributed by atoms with Gasteiger partial charge in [0.05, 0.1) is 23.6 Å². The van der Waals surface area contributed by atoms with Crippen LogP contribution in [0.15, 0.2) is 48.7 Å². The number of benzene rings is 1. The monoisotopic (exact) mass is 346 g/mol. The van der Waals surface area contributed by atoms with E-state index in [1.165, 1.54) is 5.56 Å². The van der Waals surface area contributed by atoms with Crippen LogP contribution in [-0.2, 0) is 7.05 Å². The SMILES string of the molecule is Cc1cc2nc(-c3ccccc3)cc(NC(C)c3cnn(C)c3C)n2n1. The van der Waals surface area contributed by atoms with E-state index < -0.39 is 0 Å². The molecule has 0 spiro atoms. The number of hydrogen-bond acceptors (Lipinski definition) is 4. The number of rotatable bonds is 4. The first-order chi connectivity index (χ1) is 12.5. The molecule has 0 bridgehead atoms. The van der Waals surface area contributed by atoms with Gasteiger partial charge in [-0.1, -0.05) is 30.3 Å². The Kier molecular flexibility index (Phi) is 3.95. The molecule has 1 atom stereocenters. The molecule has 1 unspecified atom stereocenters. The molecule has 0 saturated carbocycles. The van der Waals surface area contributed by atoms with E-state index in [0.29, 0.717) is 0 Å². The van der Waals surface area contributed by atoms with Crippen LogP contribution in [0.5, 0.6) is 0 Å². The summed E-state index contributed by atoms with van der Waals surface area (Å²) in [5.41, 5.74) is 6.10. The van der Waals surface area contributed by atoms with E-state index in [2.05, 4.69) is 47.6 Å². The van der Waals surface area contributed by atoms with Gasteiger partial charge in [0.1, 0.15) is 5.82 Å². The van der Waals surface area contributed by atoms with Gasteiger partial charge < -0.3 is 5.32 Å². The van der Waals surface area contributed by atoms with Crippen LogP contribution in [0.3, 0.4) is 0 Å². The average Bonchev–Trinajstić information content (AvgIpc) is 3.18. The van der Waals surface area contributed by atoms with Crippen molar-refractivity contribution in [2.75, 3.05) is 5.32 Å². The van der Waals surface area contributed by atoms with Crippen LogP contribution in [0.4, 0.5) is 5.82 Å². The molecular weight excluding hydrogens is 324 g/mol. The maximum Gasteiger partial charge on any atom is 0.158 e. The number of fused-ring (bicyclic) bond motifs is 1. The molecule has 0 saturated heterocycles. The highest BCUT2D eigenvalue weighted by molar-refractivity contribution is 5.66. The summed E-state index contributed by atoms with van der Waals surface area (Å²) >= 11 is 0. The zero-order chi connectivity index (χ0) is 18.3. The van der Waals surface area contributed by atoms with Crippen molar-refractivity contribution in [3.8, 4) is 11.3 Å². The molecule has 4 aromatic rings. The van der Waals surface area contributed by atoms with E-state index >= 15 is 0 Å². The zero-order valence-corrected chi connectivity index (χ0v) is 15.4. The highest BCUT2D eigenvalue weighted by Gasteiger charge is 2.15. The van der Waals surface area contributed by atoms with Crippen LogP contribution in [0.2, 0.25) is 0 Å². The molecule has 132 valence electrons. The lowest BCUT2D eigenvalue weighted by Gasteiger charge is -2.17. The summed E-state index contributed by atoms with van der Waals surface area (Å²) in [6.07, 6.45) is 1.91. The third kappa shape index (κ3) is 2.83. The summed E-state index contributed by atoms with van der Waals surface area (Å²) < 4.78 is 3.76. The number of aryl methyl sites for hydroxylation is 2. The number of aromatic nitrogens is 5. The van der Waals surface area contributed by atoms with Gasteiger partial charge in [0, 0.05) is 36.0 Å². The highest BCUT2D eigenvalue weighted by atomic mass is 15.3. The Balaban J connectivity index is 1.79. The van der Waals surface area contributed by atoms with Gasteiger partial charge in [-0.3, -0.25) is 4.68 Å². The number of hydrogen-bond donors (Lipinski definition) is 1. The minimum absolute atomic E-state index is 0.0995. The van der Waals surface area contributed by atoms with Crippen molar-refractivity contribution in [2.45, 2.75) is 26.8 Å². The molecule has 3 heterocycles. The van der Waals surface area contributed by atoms with Gasteiger partial charge in [-0.25, -0.2) is 4.98 Å². The third-order valence-electron chi connectivity index (χ3n) is 4.72. The predicted octanol–water partition coefficient (Wildman–Crippen LogP) is 3.92. The smallest absolute Gasteiger partial charge is 0.158 e. The van der Waals surface area contributed by atoms with E-state index in [1.54, 1.807) is 0 Å². The van der Waals surface area contributed by atoms with Crippen molar-refractivity contribution in [3.63, 3.8) is 0 Å². The summed E-state index contributed by atoms with van der Waals surface area (Å²) in [6, 6.07) is 14.4. The number of nitrogens with zero attached hydrogens (tertiary/aromatic N) is 5. The van der Waals surface area contributed by atoms with Gasteiger partial charge >= 0.3 is 0 Å². The van der Waals surface area contributed by atoms with Gasteiger partial charge in [0.25, 0.3) is 0 Å². The molecule has 0 fully saturated rings. The van der Waals surface area contributed by atoms with Crippen LogP contribution in [-0.4, -0.2) is 24.4 Å². The molecule has 1 N–H and O–H groups in total. The summed E-state index contributed by atoms with van der Waals surface area (Å²) in [6.45, 7) is 6.19. The van der Waals surface area contributed by atoms with Crippen molar-refractivity contribution >= 4 is 11.5 Å². The van der Waals surface area contributed by atoms with Crippen LogP contribution in [0, 0.1) is 13.8 Å². The maximum atomic E-state index is 4.77. The van der Waals surface area contributed by atoms with Crippen LogP contribution in [0.25, 0.3) is 16.9 Å². The topological polar surface area (TPSA) is 60.0 Å². The van der Waals surface area contributed by atoms with E-state index in [-0.39, 0.29) is 6.04 Å². The van der Waals surface area contributed by atoms with Crippen LogP contribution >= 0.6 is 0 Å². The second-order valence-electron chi connectivity index (χ2n) is 6.62. The molecule has 6 nitrogen and oxygen atoms in total. The molecule has 0 aliphatic rings. The number of anilines is 1. The molecular formula is C20H22N6. The first-order valence-corrected chi connectivity index (χ1v) is 8.71. The van der Waals surface area contributed by atoms with Gasteiger partial charge in [-0.2, -0.15) is 14.7 Å². The Hall–Kier alpha value is -3.15. The number of nitrogens with one attached hydrogen (secondary N) is 1. The maximum absolute atomic E-state index is 4.77. The van der Waals surface area contributed by atoms with E-state index in [4.69, 9.17) is 4.98 Å². The molecule has 0 radical (unpaired) electrons. The largest absolute Gasteiger partial charge is 0.363 e. The zero-order valence-electron chi connectivity index (χ0n) is 15.4. The van der Waals surface area contributed by atoms with Gasteiger partial charge in [-0.05, 0) is 20.8 Å². The van der Waals surface area contributed by atoms with Crippen LogP contribution in [0.1, 0.15) is 29.9 Å². The first-order valence-electron chi connectivity index (χ1n) is 8.71. The van der Waals surface area contributed by atoms with E-state index in [9.17, 15) is 0 Å². The van der Waals surface area contributed by atoms with Crippen molar-refractivity contribution in [2.24, 2.45) is 7.05 Å². The fraction of sp³-hybridized carbons (Fsp3) is 0.250. The van der Waals surface area contributed by atoms with Crippen LogP contribution < -0.4 is 5.32 Å². The van der Waals surface area contributed by atoms with Crippen molar-refractivity contribution in [3.05, 3.63) is 65.6 Å². The van der Waals surface area contributed by atoms with Crippen molar-refractivity contribution in [1.29, 1.82) is 0 Å². The Bertz CT molecular complexity index is 1060. The minimum Gasteiger partial charge on any atom is -0.363 e. The molecule has 1 aromatic carbocycles. The molecule has 0 aliphatic heterocycles. The molecule has 26 heavy (non-hydrogen) atoms. The van der Waals surface area contributed by atoms with E-state index in [0.717, 1.165) is 34.1 Å². The second-order valence-corrected chi connectivity index (χ2v) is 6.62. The summed E-state index contributed by atoms with van der Waals surface area (Å²) in [4.78, 5) is 4.77. The Morgan fingerprint density at radius 3 is 2.54 bits per heavy atom. The quantitative estimate of drug-likeness (QED) is 0.608. The fourth-order valence-electron chi connectivity index (χ4n) is 3.19. The molecule has 0 aliphatic carbocycles. The average molecular weight is 346 g/mol. The summed E-state index contributed by atoms with van der Waals surface area (Å²) in [5, 5.41) is 12.5. The van der Waals surface area contributed by atoms with E-state index in [1.807, 2.05) is 53.6 Å². The summed E-state index contributed by atoms with van der Waals surface area (Å²) in [5.74, 6) is 0.915. The molecule has 6 heteroatoms. The first kappa shape index (κ1) is 16.3. The Labute approximate surface area is 152 Å². The third-order valence-corrected chi connectivity index (χ3v) is 4.72. The van der Waals surface area contributed by atoms with Crippen molar-refractivity contribution < 1.29 is 0 Å². The Morgan fingerprint density at radius 2 is 1.85 bits per heavy atom. The molecule has 0 amide bonds. The highest BCUT2D eigenvalue weighted by Crippen LogP contribution is 2.26. The van der Waals surface area contributed by atoms with Gasteiger partial charge in [-0.15, -0.1) is 0 Å². The lowest BCUT2D eigenvalue weighted by molar-refractivity contribution is 0.733. The van der Waals surface area contributed by atoms with Gasteiger partial charge in [0.15, 0.2) is 5.65 Å². The lowest BCUT2D eigenvalue weighted by Crippen LogP contribution is -2.12. The van der Waals surface area contributed by atoms with Crippen molar-refractivity contribution in [1.82, 2.24) is 24.4 Å². The normalized spacial score (nSPS) is 12.5. The predicted molar refractivity (Wildman–Crippen MR) is 103 cm³/mol. The molecule has 3 aromatic heterocycles. The summed E-state index contributed by atoms with van der Waals surface area (Å²) in [7, 11) is 1.96. The fourth-order valence-corrected chi connectivity index (χ4v) is 3.19.